The summed E-state index contributed by atoms with van der Waals surface area (Å²) >= 11 is 1.66. The molecule has 0 atom stereocenters. The number of nitrogens with zero attached hydrogens (tertiary/aromatic N) is 1. The molecular formula is C23H22N2O2S. The fourth-order valence-electron chi connectivity index (χ4n) is 3.29. The predicted molar refractivity (Wildman–Crippen MR) is 116 cm³/mol. The number of ether oxygens (including phenoxy) is 1. The summed E-state index contributed by atoms with van der Waals surface area (Å²) in [6, 6.07) is 21.9. The van der Waals surface area contributed by atoms with Crippen LogP contribution in [0.25, 0.3) is 10.2 Å². The van der Waals surface area contributed by atoms with Gasteiger partial charge in [-0.3, -0.25) is 4.79 Å². The van der Waals surface area contributed by atoms with Crippen LogP contribution in [-0.4, -0.2) is 17.1 Å². The second-order valence-corrected chi connectivity index (χ2v) is 7.45. The lowest BCUT2D eigenvalue weighted by molar-refractivity contribution is 0.101. The lowest BCUT2D eigenvalue weighted by Crippen LogP contribution is -2.17. The molecule has 2 aromatic carbocycles. The lowest BCUT2D eigenvalue weighted by atomic mass is 10.1. The van der Waals surface area contributed by atoms with E-state index in [2.05, 4.69) is 33.5 Å². The number of benzene rings is 2. The number of amides is 1. The van der Waals surface area contributed by atoms with Crippen molar-refractivity contribution in [1.29, 1.82) is 0 Å². The molecule has 0 radical (unpaired) electrons. The van der Waals surface area contributed by atoms with Crippen molar-refractivity contribution >= 4 is 33.1 Å². The summed E-state index contributed by atoms with van der Waals surface area (Å²) in [5.41, 5.74) is 3.81. The molecule has 0 saturated carbocycles. The summed E-state index contributed by atoms with van der Waals surface area (Å²) in [6.45, 7) is 3.33. The number of aryl methyl sites for hydroxylation is 2. The van der Waals surface area contributed by atoms with Gasteiger partial charge in [0.25, 0.3) is 5.91 Å². The fourth-order valence-corrected chi connectivity index (χ4v) is 4.11. The van der Waals surface area contributed by atoms with Crippen molar-refractivity contribution < 1.29 is 9.53 Å². The van der Waals surface area contributed by atoms with Crippen molar-refractivity contribution in [3.8, 4) is 5.75 Å². The van der Waals surface area contributed by atoms with E-state index in [1.807, 2.05) is 55.5 Å². The van der Waals surface area contributed by atoms with Crippen LogP contribution in [0.1, 0.15) is 23.0 Å². The molecule has 0 unspecified atom stereocenters. The zero-order chi connectivity index (χ0) is 19.3. The SMILES string of the molecule is CCOc1ccc(NC(=O)c2cc3sccc3n2CCc2ccccc2)cc1. The van der Waals surface area contributed by atoms with Crippen LogP contribution < -0.4 is 10.1 Å². The second-order valence-electron chi connectivity index (χ2n) is 6.50. The van der Waals surface area contributed by atoms with Gasteiger partial charge in [0.2, 0.25) is 0 Å². The third kappa shape index (κ3) is 3.94. The number of carbonyl (C=O) groups is 1. The maximum Gasteiger partial charge on any atom is 0.272 e. The highest BCUT2D eigenvalue weighted by Crippen LogP contribution is 2.26. The third-order valence-corrected chi connectivity index (χ3v) is 5.50. The number of thiophene rings is 1. The summed E-state index contributed by atoms with van der Waals surface area (Å²) in [5, 5.41) is 5.07. The standard InChI is InChI=1S/C23H22N2O2S/c1-2-27-19-10-8-18(9-11-19)24-23(26)21-16-22-20(13-15-28-22)25(21)14-12-17-6-4-3-5-7-17/h3-11,13,15-16H,2,12,14H2,1H3,(H,24,26). The summed E-state index contributed by atoms with van der Waals surface area (Å²) in [6.07, 6.45) is 0.879. The van der Waals surface area contributed by atoms with E-state index in [4.69, 9.17) is 4.74 Å². The molecule has 0 saturated heterocycles. The topological polar surface area (TPSA) is 43.3 Å². The van der Waals surface area contributed by atoms with Crippen LogP contribution in [0.4, 0.5) is 5.69 Å². The zero-order valence-electron chi connectivity index (χ0n) is 15.7. The van der Waals surface area contributed by atoms with Crippen molar-refractivity contribution in [2.24, 2.45) is 0 Å². The number of rotatable bonds is 7. The molecule has 4 nitrogen and oxygen atoms in total. The molecule has 0 bridgehead atoms. The van der Waals surface area contributed by atoms with Crippen LogP contribution in [0.2, 0.25) is 0 Å². The Morgan fingerprint density at radius 1 is 1.07 bits per heavy atom. The second kappa shape index (κ2) is 8.31. The molecule has 4 aromatic rings. The van der Waals surface area contributed by atoms with Gasteiger partial charge in [0, 0.05) is 12.2 Å². The Labute approximate surface area is 168 Å². The molecule has 28 heavy (non-hydrogen) atoms. The summed E-state index contributed by atoms with van der Waals surface area (Å²) in [5.74, 6) is 0.702. The van der Waals surface area contributed by atoms with Crippen molar-refractivity contribution in [1.82, 2.24) is 4.57 Å². The minimum atomic E-state index is -0.0966. The molecule has 0 aliphatic carbocycles. The highest BCUT2D eigenvalue weighted by molar-refractivity contribution is 7.17. The summed E-state index contributed by atoms with van der Waals surface area (Å²) in [7, 11) is 0. The molecule has 4 rings (SSSR count). The van der Waals surface area contributed by atoms with Gasteiger partial charge in [-0.25, -0.2) is 0 Å². The number of aromatic nitrogens is 1. The highest BCUT2D eigenvalue weighted by atomic mass is 32.1. The van der Waals surface area contributed by atoms with Crippen LogP contribution >= 0.6 is 11.3 Å². The number of hydrogen-bond acceptors (Lipinski definition) is 3. The Hall–Kier alpha value is -3.05. The maximum absolute atomic E-state index is 13.0. The minimum Gasteiger partial charge on any atom is -0.494 e. The molecule has 1 amide bonds. The Morgan fingerprint density at radius 2 is 1.86 bits per heavy atom. The molecule has 142 valence electrons. The van der Waals surface area contributed by atoms with E-state index in [1.165, 1.54) is 5.56 Å². The highest BCUT2D eigenvalue weighted by Gasteiger charge is 2.16. The van der Waals surface area contributed by atoms with Crippen molar-refractivity contribution in [3.63, 3.8) is 0 Å². The number of hydrogen-bond donors (Lipinski definition) is 1. The van der Waals surface area contributed by atoms with Crippen molar-refractivity contribution in [2.45, 2.75) is 19.9 Å². The first kappa shape index (κ1) is 18.3. The van der Waals surface area contributed by atoms with E-state index in [0.29, 0.717) is 12.3 Å². The van der Waals surface area contributed by atoms with E-state index in [-0.39, 0.29) is 5.91 Å². The van der Waals surface area contributed by atoms with Crippen LogP contribution in [0, 0.1) is 0 Å². The number of carbonyl (C=O) groups excluding carboxylic acids is 1. The molecule has 0 fully saturated rings. The number of anilines is 1. The molecule has 2 heterocycles. The van der Waals surface area contributed by atoms with Gasteiger partial charge in [-0.1, -0.05) is 30.3 Å². The third-order valence-electron chi connectivity index (χ3n) is 4.65. The Bertz CT molecular complexity index is 1070. The predicted octanol–water partition coefficient (Wildman–Crippen LogP) is 5.60. The average molecular weight is 391 g/mol. The molecule has 0 aliphatic heterocycles. The zero-order valence-corrected chi connectivity index (χ0v) is 16.5. The Morgan fingerprint density at radius 3 is 2.61 bits per heavy atom. The number of fused-ring (bicyclic) bond motifs is 1. The molecule has 0 spiro atoms. The van der Waals surface area contributed by atoms with E-state index in [0.717, 1.165) is 34.6 Å². The van der Waals surface area contributed by atoms with Gasteiger partial charge >= 0.3 is 0 Å². The molecule has 5 heteroatoms. The lowest BCUT2D eigenvalue weighted by Gasteiger charge is -2.11. The number of nitrogens with one attached hydrogen (secondary N) is 1. The molecule has 2 aromatic heterocycles. The molecular weight excluding hydrogens is 368 g/mol. The van der Waals surface area contributed by atoms with Crippen LogP contribution in [0.5, 0.6) is 5.75 Å². The van der Waals surface area contributed by atoms with Gasteiger partial charge in [-0.05, 0) is 60.7 Å². The van der Waals surface area contributed by atoms with Crippen molar-refractivity contribution in [3.05, 3.63) is 83.4 Å². The Balaban J connectivity index is 1.55. The van der Waals surface area contributed by atoms with Gasteiger partial charge < -0.3 is 14.6 Å². The quantitative estimate of drug-likeness (QED) is 0.447. The Kier molecular flexibility index (Phi) is 5.44. The van der Waals surface area contributed by atoms with Gasteiger partial charge in [0.05, 0.1) is 16.8 Å². The van der Waals surface area contributed by atoms with E-state index in [9.17, 15) is 4.79 Å². The first-order valence-electron chi connectivity index (χ1n) is 9.39. The smallest absolute Gasteiger partial charge is 0.272 e. The van der Waals surface area contributed by atoms with Crippen LogP contribution in [0.15, 0.2) is 72.1 Å². The van der Waals surface area contributed by atoms with Gasteiger partial charge in [0.15, 0.2) is 0 Å². The fraction of sp³-hybridized carbons (Fsp3) is 0.174. The maximum atomic E-state index is 13.0. The molecule has 0 aliphatic rings. The van der Waals surface area contributed by atoms with E-state index < -0.39 is 0 Å². The molecule has 1 N–H and O–H groups in total. The van der Waals surface area contributed by atoms with E-state index >= 15 is 0 Å². The van der Waals surface area contributed by atoms with Crippen LogP contribution in [0.3, 0.4) is 0 Å². The van der Waals surface area contributed by atoms with Gasteiger partial charge in [-0.2, -0.15) is 0 Å². The summed E-state index contributed by atoms with van der Waals surface area (Å²) < 4.78 is 8.70. The minimum absolute atomic E-state index is 0.0966. The van der Waals surface area contributed by atoms with Crippen molar-refractivity contribution in [2.75, 3.05) is 11.9 Å². The summed E-state index contributed by atoms with van der Waals surface area (Å²) in [4.78, 5) is 13.0. The monoisotopic (exact) mass is 390 g/mol. The van der Waals surface area contributed by atoms with Crippen LogP contribution in [-0.2, 0) is 13.0 Å². The first-order valence-corrected chi connectivity index (χ1v) is 10.3. The van der Waals surface area contributed by atoms with Gasteiger partial charge in [-0.15, -0.1) is 11.3 Å². The van der Waals surface area contributed by atoms with E-state index in [1.54, 1.807) is 11.3 Å². The largest absolute Gasteiger partial charge is 0.494 e. The average Bonchev–Trinajstić information content (AvgIpc) is 3.30. The normalized spacial score (nSPS) is 10.9. The van der Waals surface area contributed by atoms with Gasteiger partial charge in [0.1, 0.15) is 11.4 Å². The first-order chi connectivity index (χ1) is 13.7.